The fraction of sp³-hybridized carbons (Fsp3) is 0.133. The lowest BCUT2D eigenvalue weighted by atomic mass is 10.1. The Hall–Kier alpha value is -2.20. The maximum Gasteiger partial charge on any atom is 0.573 e. The summed E-state index contributed by atoms with van der Waals surface area (Å²) in [6.45, 7) is 0. The molecule has 2 aromatic rings. The molecule has 0 amide bonds. The number of halogens is 7. The van der Waals surface area contributed by atoms with Gasteiger partial charge in [-0.25, -0.2) is 0 Å². The normalized spacial score (nSPS) is 11.8. The topological polar surface area (TPSA) is 33.3 Å². The number of alkyl halides is 6. The summed E-state index contributed by atoms with van der Waals surface area (Å²) < 4.78 is 79.5. The molecule has 3 nitrogen and oxygen atoms in total. The minimum absolute atomic E-state index is 0.0896. The van der Waals surface area contributed by atoms with Crippen molar-refractivity contribution in [3.05, 3.63) is 53.1 Å². The number of rotatable bonds is 3. The Morgan fingerprint density at radius 3 is 2.27 bits per heavy atom. The Labute approximate surface area is 153 Å². The summed E-state index contributed by atoms with van der Waals surface area (Å²) in [4.78, 5) is 0. The first-order valence-electron chi connectivity index (χ1n) is 6.74. The van der Waals surface area contributed by atoms with Crippen LogP contribution in [0.15, 0.2) is 42.5 Å². The lowest BCUT2D eigenvalue weighted by Gasteiger charge is -2.16. The van der Waals surface area contributed by atoms with Gasteiger partial charge in [-0.1, -0.05) is 17.7 Å². The first-order chi connectivity index (χ1) is 11.9. The summed E-state index contributed by atoms with van der Waals surface area (Å²) in [6, 6.07) is 7.73. The highest BCUT2D eigenvalue weighted by molar-refractivity contribution is 7.80. The average Bonchev–Trinajstić information content (AvgIpc) is 2.46. The van der Waals surface area contributed by atoms with E-state index in [2.05, 4.69) is 15.4 Å². The van der Waals surface area contributed by atoms with Crippen molar-refractivity contribution in [1.29, 1.82) is 0 Å². The predicted octanol–water partition coefficient (Wildman–Crippen LogP) is 6.07. The fourth-order valence-electron chi connectivity index (χ4n) is 1.92. The van der Waals surface area contributed by atoms with Crippen molar-refractivity contribution >= 4 is 40.3 Å². The molecule has 0 aliphatic heterocycles. The monoisotopic (exact) mass is 414 g/mol. The summed E-state index contributed by atoms with van der Waals surface area (Å²) in [5.41, 5.74) is -1.31. The van der Waals surface area contributed by atoms with Gasteiger partial charge in [-0.05, 0) is 42.5 Å². The second-order valence-electron chi connectivity index (χ2n) is 4.84. The number of benzene rings is 2. The van der Waals surface area contributed by atoms with Gasteiger partial charge in [-0.2, -0.15) is 13.2 Å². The summed E-state index contributed by atoms with van der Waals surface area (Å²) in [5, 5.41) is 4.45. The average molecular weight is 415 g/mol. The minimum atomic E-state index is -4.87. The summed E-state index contributed by atoms with van der Waals surface area (Å²) in [6.07, 6.45) is -9.55. The smallest absolute Gasteiger partial charge is 0.406 e. The van der Waals surface area contributed by atoms with Crippen molar-refractivity contribution < 1.29 is 31.1 Å². The molecule has 0 bridgehead atoms. The van der Waals surface area contributed by atoms with Gasteiger partial charge in [0.25, 0.3) is 0 Å². The molecule has 0 heterocycles. The lowest BCUT2D eigenvalue weighted by Crippen LogP contribution is -2.22. The van der Waals surface area contributed by atoms with Gasteiger partial charge in [-0.3, -0.25) is 0 Å². The first kappa shape index (κ1) is 20.1. The van der Waals surface area contributed by atoms with Gasteiger partial charge < -0.3 is 15.4 Å². The third-order valence-electron chi connectivity index (χ3n) is 2.86. The molecule has 0 atom stereocenters. The second-order valence-corrected chi connectivity index (χ2v) is 5.69. The lowest BCUT2D eigenvalue weighted by molar-refractivity contribution is -0.274. The molecule has 140 valence electrons. The molecule has 0 radical (unpaired) electrons. The molecule has 0 saturated carbocycles. The molecule has 0 aliphatic rings. The van der Waals surface area contributed by atoms with Gasteiger partial charge in [0.1, 0.15) is 5.75 Å². The summed E-state index contributed by atoms with van der Waals surface area (Å²) in [5.74, 6) is -0.507. The zero-order chi connectivity index (χ0) is 19.5. The largest absolute Gasteiger partial charge is 0.573 e. The molecule has 0 unspecified atom stereocenters. The molecule has 2 rings (SSSR count). The maximum absolute atomic E-state index is 13.0. The zero-order valence-corrected chi connectivity index (χ0v) is 14.1. The van der Waals surface area contributed by atoms with Gasteiger partial charge in [0.15, 0.2) is 5.11 Å². The van der Waals surface area contributed by atoms with E-state index in [1.807, 2.05) is 0 Å². The van der Waals surface area contributed by atoms with E-state index in [-0.39, 0.29) is 21.5 Å². The fourth-order valence-corrected chi connectivity index (χ4v) is 2.32. The van der Waals surface area contributed by atoms with E-state index in [1.165, 1.54) is 18.2 Å². The number of hydrogen-bond acceptors (Lipinski definition) is 2. The van der Waals surface area contributed by atoms with Crippen molar-refractivity contribution in [3.8, 4) is 5.75 Å². The first-order valence-corrected chi connectivity index (χ1v) is 7.53. The molecule has 2 aromatic carbocycles. The van der Waals surface area contributed by atoms with Crippen molar-refractivity contribution in [2.45, 2.75) is 12.5 Å². The van der Waals surface area contributed by atoms with Gasteiger partial charge in [0.05, 0.1) is 11.3 Å². The van der Waals surface area contributed by atoms with Crippen LogP contribution in [0.2, 0.25) is 5.02 Å². The Morgan fingerprint density at radius 2 is 1.65 bits per heavy atom. The van der Waals surface area contributed by atoms with Crippen molar-refractivity contribution in [2.24, 2.45) is 0 Å². The van der Waals surface area contributed by atoms with Crippen LogP contribution in [-0.4, -0.2) is 11.5 Å². The van der Waals surface area contributed by atoms with Crippen LogP contribution in [0.25, 0.3) is 0 Å². The molecule has 0 aromatic heterocycles. The molecule has 26 heavy (non-hydrogen) atoms. The molecular weight excluding hydrogens is 406 g/mol. The van der Waals surface area contributed by atoms with Gasteiger partial charge >= 0.3 is 12.5 Å². The van der Waals surface area contributed by atoms with Crippen LogP contribution in [0.3, 0.4) is 0 Å². The zero-order valence-electron chi connectivity index (χ0n) is 12.5. The van der Waals surface area contributed by atoms with Gasteiger partial charge in [0.2, 0.25) is 0 Å². The summed E-state index contributed by atoms with van der Waals surface area (Å²) in [7, 11) is 0. The van der Waals surface area contributed by atoms with Crippen molar-refractivity contribution in [3.63, 3.8) is 0 Å². The van der Waals surface area contributed by atoms with Crippen LogP contribution in [-0.2, 0) is 6.18 Å². The van der Waals surface area contributed by atoms with Gasteiger partial charge in [0, 0.05) is 16.8 Å². The third-order valence-corrected chi connectivity index (χ3v) is 3.30. The molecule has 0 aliphatic carbocycles. The maximum atomic E-state index is 13.0. The van der Waals surface area contributed by atoms with Crippen LogP contribution in [0.4, 0.5) is 37.7 Å². The van der Waals surface area contributed by atoms with Crippen molar-refractivity contribution in [2.75, 3.05) is 10.6 Å². The Balaban J connectivity index is 2.14. The SMILES string of the molecule is FC(F)(F)Oc1cccc(NC(=S)Nc2ccc(Cl)cc2C(F)(F)F)c1. The van der Waals surface area contributed by atoms with Crippen LogP contribution in [0.5, 0.6) is 5.75 Å². The van der Waals surface area contributed by atoms with Crippen LogP contribution in [0, 0.1) is 0 Å². The molecule has 0 spiro atoms. The number of hydrogen-bond donors (Lipinski definition) is 2. The molecule has 0 saturated heterocycles. The van der Waals surface area contributed by atoms with Crippen LogP contribution >= 0.6 is 23.8 Å². The highest BCUT2D eigenvalue weighted by Gasteiger charge is 2.34. The minimum Gasteiger partial charge on any atom is -0.406 e. The molecule has 0 fully saturated rings. The highest BCUT2D eigenvalue weighted by atomic mass is 35.5. The van der Waals surface area contributed by atoms with Crippen LogP contribution < -0.4 is 15.4 Å². The molecule has 11 heteroatoms. The number of anilines is 2. The van der Waals surface area contributed by atoms with E-state index in [1.54, 1.807) is 0 Å². The number of nitrogens with one attached hydrogen (secondary N) is 2. The van der Waals surface area contributed by atoms with Crippen LogP contribution in [0.1, 0.15) is 5.56 Å². The molecule has 2 N–H and O–H groups in total. The van der Waals surface area contributed by atoms with Gasteiger partial charge in [-0.15, -0.1) is 13.2 Å². The Bertz CT molecular complexity index is 809. The van der Waals surface area contributed by atoms with E-state index in [0.717, 1.165) is 24.3 Å². The Morgan fingerprint density at radius 1 is 0.962 bits per heavy atom. The Kier molecular flexibility index (Phi) is 5.87. The van der Waals surface area contributed by atoms with E-state index < -0.39 is 23.9 Å². The second kappa shape index (κ2) is 7.58. The van der Waals surface area contributed by atoms with E-state index in [0.29, 0.717) is 0 Å². The molecular formula is C15H9ClF6N2OS. The number of ether oxygens (including phenoxy) is 1. The van der Waals surface area contributed by atoms with E-state index in [9.17, 15) is 26.3 Å². The quantitative estimate of drug-likeness (QED) is 0.472. The van der Waals surface area contributed by atoms with E-state index in [4.69, 9.17) is 23.8 Å². The number of thiocarbonyl (C=S) groups is 1. The highest BCUT2D eigenvalue weighted by Crippen LogP contribution is 2.36. The standard InChI is InChI=1S/C15H9ClF6N2OS/c16-8-4-5-12(11(6-8)14(17,18)19)24-13(26)23-9-2-1-3-10(7-9)25-15(20,21)22/h1-7H,(H2,23,24,26). The van der Waals surface area contributed by atoms with Crippen molar-refractivity contribution in [1.82, 2.24) is 0 Å². The predicted molar refractivity (Wildman–Crippen MR) is 89.4 cm³/mol. The summed E-state index contributed by atoms with van der Waals surface area (Å²) >= 11 is 10.5. The van der Waals surface area contributed by atoms with E-state index >= 15 is 0 Å². The third kappa shape index (κ3) is 5.95.